The van der Waals surface area contributed by atoms with Gasteiger partial charge in [0.25, 0.3) is 0 Å². The Labute approximate surface area is 128 Å². The van der Waals surface area contributed by atoms with Gasteiger partial charge in [-0.25, -0.2) is 4.98 Å². The van der Waals surface area contributed by atoms with Crippen LogP contribution in [-0.2, 0) is 11.2 Å². The molecule has 112 valence electrons. The first-order valence-corrected chi connectivity index (χ1v) is 7.24. The molecule has 2 rings (SSSR count). The molecule has 0 radical (unpaired) electrons. The predicted octanol–water partition coefficient (Wildman–Crippen LogP) is 2.85. The molecule has 7 heteroatoms. The van der Waals surface area contributed by atoms with E-state index >= 15 is 0 Å². The largest absolute Gasteiger partial charge is 0.383 e. The van der Waals surface area contributed by atoms with Crippen molar-refractivity contribution in [2.24, 2.45) is 0 Å². The van der Waals surface area contributed by atoms with Crippen molar-refractivity contribution in [1.29, 1.82) is 0 Å². The molecule has 0 atom stereocenters. The molecule has 0 aliphatic heterocycles. The summed E-state index contributed by atoms with van der Waals surface area (Å²) >= 11 is 5.99. The summed E-state index contributed by atoms with van der Waals surface area (Å²) in [6.07, 6.45) is 3.28. The Bertz CT molecular complexity index is 585. The molecule has 3 N–H and O–H groups in total. The molecule has 1 aromatic carbocycles. The first-order valence-electron chi connectivity index (χ1n) is 6.86. The fourth-order valence-corrected chi connectivity index (χ4v) is 2.00. The van der Waals surface area contributed by atoms with Gasteiger partial charge in [0.15, 0.2) is 0 Å². The lowest BCUT2D eigenvalue weighted by Crippen LogP contribution is -2.14. The standard InChI is InChI=1S/C14H18ClN5O/c1-2-7-16-11-4-3-10(15)8-12(11)19-14(21)6-5-13-17-9-18-20-13/h3-4,8-9,16H,2,5-7H2,1H3,(H,19,21)(H,17,18,20). The quantitative estimate of drug-likeness (QED) is 0.734. The second-order valence-electron chi connectivity index (χ2n) is 4.60. The number of H-pyrrole nitrogens is 1. The molecular formula is C14H18ClN5O. The Morgan fingerprint density at radius 2 is 2.24 bits per heavy atom. The van der Waals surface area contributed by atoms with Crippen molar-refractivity contribution < 1.29 is 4.79 Å². The number of anilines is 2. The van der Waals surface area contributed by atoms with Crippen molar-refractivity contribution in [3.8, 4) is 0 Å². The van der Waals surface area contributed by atoms with Crippen molar-refractivity contribution in [3.63, 3.8) is 0 Å². The lowest BCUT2D eigenvalue weighted by molar-refractivity contribution is -0.116. The number of halogens is 1. The highest BCUT2D eigenvalue weighted by molar-refractivity contribution is 6.31. The van der Waals surface area contributed by atoms with Crippen molar-refractivity contribution >= 4 is 28.9 Å². The number of carbonyl (C=O) groups is 1. The lowest BCUT2D eigenvalue weighted by Gasteiger charge is -2.13. The van der Waals surface area contributed by atoms with E-state index in [0.717, 1.165) is 18.7 Å². The Kier molecular flexibility index (Phi) is 5.57. The number of carbonyl (C=O) groups excluding carboxylic acids is 1. The minimum Gasteiger partial charge on any atom is -0.383 e. The van der Waals surface area contributed by atoms with Crippen molar-refractivity contribution in [2.75, 3.05) is 17.2 Å². The third kappa shape index (κ3) is 4.75. The first kappa shape index (κ1) is 15.3. The normalized spacial score (nSPS) is 10.4. The van der Waals surface area contributed by atoms with Gasteiger partial charge in [-0.1, -0.05) is 18.5 Å². The summed E-state index contributed by atoms with van der Waals surface area (Å²) < 4.78 is 0. The number of nitrogens with one attached hydrogen (secondary N) is 3. The number of nitrogens with zero attached hydrogens (tertiary/aromatic N) is 2. The summed E-state index contributed by atoms with van der Waals surface area (Å²) in [6.45, 7) is 2.92. The van der Waals surface area contributed by atoms with Crippen LogP contribution in [0.5, 0.6) is 0 Å². The summed E-state index contributed by atoms with van der Waals surface area (Å²) in [5.74, 6) is 0.605. The number of aryl methyl sites for hydroxylation is 1. The van der Waals surface area contributed by atoms with Crippen LogP contribution in [0.15, 0.2) is 24.5 Å². The third-order valence-corrected chi connectivity index (χ3v) is 3.11. The third-order valence-electron chi connectivity index (χ3n) is 2.87. The molecule has 0 spiro atoms. The van der Waals surface area contributed by atoms with E-state index in [0.29, 0.717) is 29.4 Å². The average Bonchev–Trinajstić information content (AvgIpc) is 2.98. The second-order valence-corrected chi connectivity index (χ2v) is 5.03. The zero-order valence-electron chi connectivity index (χ0n) is 11.8. The van der Waals surface area contributed by atoms with E-state index < -0.39 is 0 Å². The van der Waals surface area contributed by atoms with Crippen LogP contribution < -0.4 is 10.6 Å². The number of aromatic amines is 1. The van der Waals surface area contributed by atoms with Crippen LogP contribution in [0.2, 0.25) is 5.02 Å². The Morgan fingerprint density at radius 1 is 1.38 bits per heavy atom. The molecule has 21 heavy (non-hydrogen) atoms. The van der Waals surface area contributed by atoms with Gasteiger partial charge in [-0.3, -0.25) is 9.89 Å². The topological polar surface area (TPSA) is 82.7 Å². The molecule has 0 aliphatic rings. The number of rotatable bonds is 7. The SMILES string of the molecule is CCCNc1ccc(Cl)cc1NC(=O)CCc1ncn[nH]1. The molecule has 0 saturated carbocycles. The van der Waals surface area contributed by atoms with E-state index in [1.807, 2.05) is 6.07 Å². The highest BCUT2D eigenvalue weighted by Crippen LogP contribution is 2.26. The molecule has 2 aromatic rings. The fourth-order valence-electron chi connectivity index (χ4n) is 1.83. The van der Waals surface area contributed by atoms with Gasteiger partial charge >= 0.3 is 0 Å². The van der Waals surface area contributed by atoms with Gasteiger partial charge in [-0.2, -0.15) is 5.10 Å². The zero-order chi connectivity index (χ0) is 15.1. The fraction of sp³-hybridized carbons (Fsp3) is 0.357. The molecule has 6 nitrogen and oxygen atoms in total. The smallest absolute Gasteiger partial charge is 0.224 e. The van der Waals surface area contributed by atoms with Crippen molar-refractivity contribution in [3.05, 3.63) is 35.4 Å². The summed E-state index contributed by atoms with van der Waals surface area (Å²) in [5, 5.41) is 13.2. The van der Waals surface area contributed by atoms with Crippen molar-refractivity contribution in [1.82, 2.24) is 15.2 Å². The van der Waals surface area contributed by atoms with Gasteiger partial charge in [0.2, 0.25) is 5.91 Å². The van der Waals surface area contributed by atoms with E-state index in [-0.39, 0.29) is 5.91 Å². The predicted molar refractivity (Wildman–Crippen MR) is 83.6 cm³/mol. The summed E-state index contributed by atoms with van der Waals surface area (Å²) in [5.41, 5.74) is 1.56. The first-order chi connectivity index (χ1) is 10.2. The van der Waals surface area contributed by atoms with Gasteiger partial charge in [0.05, 0.1) is 11.4 Å². The molecule has 0 bridgehead atoms. The Balaban J connectivity index is 1.96. The Hall–Kier alpha value is -2.08. The summed E-state index contributed by atoms with van der Waals surface area (Å²) in [6, 6.07) is 5.40. The van der Waals surface area contributed by atoms with Crippen LogP contribution in [-0.4, -0.2) is 27.6 Å². The van der Waals surface area contributed by atoms with Gasteiger partial charge < -0.3 is 10.6 Å². The molecule has 1 amide bonds. The van der Waals surface area contributed by atoms with E-state index in [1.54, 1.807) is 12.1 Å². The van der Waals surface area contributed by atoms with Crippen LogP contribution in [0.25, 0.3) is 0 Å². The Morgan fingerprint density at radius 3 is 2.95 bits per heavy atom. The number of aromatic nitrogens is 3. The number of hydrogen-bond donors (Lipinski definition) is 3. The van der Waals surface area contributed by atoms with Crippen LogP contribution in [0.3, 0.4) is 0 Å². The molecule has 1 aromatic heterocycles. The number of hydrogen-bond acceptors (Lipinski definition) is 4. The highest BCUT2D eigenvalue weighted by atomic mass is 35.5. The van der Waals surface area contributed by atoms with E-state index in [2.05, 4.69) is 32.7 Å². The maximum atomic E-state index is 12.0. The maximum absolute atomic E-state index is 12.0. The van der Waals surface area contributed by atoms with Crippen LogP contribution in [0, 0.1) is 0 Å². The van der Waals surface area contributed by atoms with Gasteiger partial charge in [-0.05, 0) is 24.6 Å². The summed E-state index contributed by atoms with van der Waals surface area (Å²) in [7, 11) is 0. The zero-order valence-corrected chi connectivity index (χ0v) is 12.6. The van der Waals surface area contributed by atoms with E-state index in [4.69, 9.17) is 11.6 Å². The van der Waals surface area contributed by atoms with Gasteiger partial charge in [0, 0.05) is 24.4 Å². The molecule has 1 heterocycles. The van der Waals surface area contributed by atoms with Gasteiger partial charge in [0.1, 0.15) is 12.2 Å². The van der Waals surface area contributed by atoms with Gasteiger partial charge in [-0.15, -0.1) is 0 Å². The monoisotopic (exact) mass is 307 g/mol. The lowest BCUT2D eigenvalue weighted by atomic mass is 10.2. The molecule has 0 unspecified atom stereocenters. The molecule has 0 aliphatic carbocycles. The number of benzene rings is 1. The summed E-state index contributed by atoms with van der Waals surface area (Å²) in [4.78, 5) is 16.0. The number of amides is 1. The molecule has 0 saturated heterocycles. The van der Waals surface area contributed by atoms with Crippen LogP contribution >= 0.6 is 11.6 Å². The van der Waals surface area contributed by atoms with E-state index in [1.165, 1.54) is 6.33 Å². The van der Waals surface area contributed by atoms with E-state index in [9.17, 15) is 4.79 Å². The van der Waals surface area contributed by atoms with Crippen molar-refractivity contribution in [2.45, 2.75) is 26.2 Å². The molecule has 0 fully saturated rings. The second kappa shape index (κ2) is 7.64. The maximum Gasteiger partial charge on any atom is 0.224 e. The van der Waals surface area contributed by atoms with Crippen LogP contribution in [0.1, 0.15) is 25.6 Å². The van der Waals surface area contributed by atoms with Crippen LogP contribution in [0.4, 0.5) is 11.4 Å². The minimum atomic E-state index is -0.0896. The molecular weight excluding hydrogens is 290 g/mol. The highest BCUT2D eigenvalue weighted by Gasteiger charge is 2.08. The average molecular weight is 308 g/mol. The minimum absolute atomic E-state index is 0.0896.